The van der Waals surface area contributed by atoms with Crippen molar-refractivity contribution in [1.82, 2.24) is 9.55 Å². The van der Waals surface area contributed by atoms with Crippen LogP contribution in [0.4, 0.5) is 5.69 Å². The van der Waals surface area contributed by atoms with Crippen LogP contribution in [-0.4, -0.2) is 22.6 Å². The summed E-state index contributed by atoms with van der Waals surface area (Å²) in [4.78, 5) is 16.2. The molecule has 0 amide bonds. The van der Waals surface area contributed by atoms with Crippen LogP contribution >= 0.6 is 11.6 Å². The molecule has 1 aliphatic carbocycles. The average molecular weight is 280 g/mol. The van der Waals surface area contributed by atoms with Crippen LogP contribution in [0.2, 0.25) is 5.02 Å². The van der Waals surface area contributed by atoms with Crippen molar-refractivity contribution in [3.8, 4) is 0 Å². The molecule has 0 bridgehead atoms. The molecule has 19 heavy (non-hydrogen) atoms. The standard InChI is InChI=1S/C13H14ClN3O2/c1-17-11-8(16-12(17)6-3-4-6)5-7(13(18)19-2)10(15)9(11)14/h5-6H,3-4,15H2,1-2H3. The fourth-order valence-electron chi connectivity index (χ4n) is 2.34. The van der Waals surface area contributed by atoms with Crippen molar-refractivity contribution in [3.63, 3.8) is 0 Å². The number of ether oxygens (including phenoxy) is 1. The third kappa shape index (κ3) is 1.76. The Hall–Kier alpha value is -1.75. The number of hydrogen-bond acceptors (Lipinski definition) is 4. The predicted molar refractivity (Wildman–Crippen MR) is 73.5 cm³/mol. The Morgan fingerprint density at radius 1 is 1.58 bits per heavy atom. The second-order valence-corrected chi connectivity index (χ2v) is 5.19. The number of benzene rings is 1. The van der Waals surface area contributed by atoms with E-state index >= 15 is 0 Å². The Labute approximate surface area is 115 Å². The van der Waals surface area contributed by atoms with Gasteiger partial charge in [0, 0.05) is 13.0 Å². The summed E-state index contributed by atoms with van der Waals surface area (Å²) < 4.78 is 6.67. The first kappa shape index (κ1) is 12.3. The summed E-state index contributed by atoms with van der Waals surface area (Å²) in [6.07, 6.45) is 2.29. The van der Waals surface area contributed by atoms with Gasteiger partial charge in [0.15, 0.2) is 0 Å². The maximum atomic E-state index is 11.7. The molecule has 2 aromatic rings. The quantitative estimate of drug-likeness (QED) is 0.677. The van der Waals surface area contributed by atoms with Crippen LogP contribution in [0, 0.1) is 0 Å². The van der Waals surface area contributed by atoms with Gasteiger partial charge >= 0.3 is 5.97 Å². The monoisotopic (exact) mass is 279 g/mol. The number of anilines is 1. The molecule has 100 valence electrons. The second-order valence-electron chi connectivity index (χ2n) is 4.81. The van der Waals surface area contributed by atoms with Crippen LogP contribution in [0.25, 0.3) is 11.0 Å². The number of halogens is 1. The number of esters is 1. The fraction of sp³-hybridized carbons (Fsp3) is 0.385. The first-order valence-electron chi connectivity index (χ1n) is 6.07. The molecule has 0 atom stereocenters. The summed E-state index contributed by atoms with van der Waals surface area (Å²) in [5.41, 5.74) is 7.88. The molecule has 0 spiro atoms. The molecule has 1 aromatic heterocycles. The van der Waals surface area contributed by atoms with Gasteiger partial charge in [-0.15, -0.1) is 0 Å². The Balaban J connectivity index is 2.29. The Morgan fingerprint density at radius 2 is 2.26 bits per heavy atom. The second kappa shape index (κ2) is 4.13. The maximum absolute atomic E-state index is 11.7. The topological polar surface area (TPSA) is 70.1 Å². The van der Waals surface area contributed by atoms with Crippen LogP contribution in [0.5, 0.6) is 0 Å². The van der Waals surface area contributed by atoms with E-state index in [-0.39, 0.29) is 11.3 Å². The average Bonchev–Trinajstić information content (AvgIpc) is 3.18. The van der Waals surface area contributed by atoms with Gasteiger partial charge in [0.25, 0.3) is 0 Å². The van der Waals surface area contributed by atoms with E-state index in [0.29, 0.717) is 16.5 Å². The molecule has 0 unspecified atom stereocenters. The highest BCUT2D eigenvalue weighted by Gasteiger charge is 2.30. The molecule has 3 rings (SSSR count). The van der Waals surface area contributed by atoms with E-state index in [0.717, 1.165) is 24.2 Å². The lowest BCUT2D eigenvalue weighted by molar-refractivity contribution is 0.0602. The van der Waals surface area contributed by atoms with Crippen molar-refractivity contribution in [2.75, 3.05) is 12.8 Å². The number of carbonyl (C=O) groups excluding carboxylic acids is 1. The minimum atomic E-state index is -0.500. The lowest BCUT2D eigenvalue weighted by Crippen LogP contribution is -2.06. The van der Waals surface area contributed by atoms with Crippen molar-refractivity contribution < 1.29 is 9.53 Å². The van der Waals surface area contributed by atoms with Gasteiger partial charge in [0.2, 0.25) is 0 Å². The number of rotatable bonds is 2. The summed E-state index contributed by atoms with van der Waals surface area (Å²) >= 11 is 6.28. The van der Waals surface area contributed by atoms with Gasteiger partial charge in [-0.25, -0.2) is 9.78 Å². The third-order valence-corrected chi connectivity index (χ3v) is 3.90. The van der Waals surface area contributed by atoms with E-state index in [1.165, 1.54) is 7.11 Å². The van der Waals surface area contributed by atoms with Gasteiger partial charge < -0.3 is 15.0 Å². The van der Waals surface area contributed by atoms with E-state index in [1.54, 1.807) is 6.07 Å². The number of carbonyl (C=O) groups is 1. The van der Waals surface area contributed by atoms with Crippen molar-refractivity contribution in [2.45, 2.75) is 18.8 Å². The van der Waals surface area contributed by atoms with Crippen LogP contribution < -0.4 is 5.73 Å². The molecule has 1 fully saturated rings. The fourth-order valence-corrected chi connectivity index (χ4v) is 2.67. The van der Waals surface area contributed by atoms with Crippen LogP contribution in [0.15, 0.2) is 6.07 Å². The predicted octanol–water partition coefficient (Wildman–Crippen LogP) is 2.47. The molecule has 0 saturated heterocycles. The normalized spacial score (nSPS) is 14.9. The maximum Gasteiger partial charge on any atom is 0.340 e. The largest absolute Gasteiger partial charge is 0.465 e. The lowest BCUT2D eigenvalue weighted by Gasteiger charge is -2.07. The van der Waals surface area contributed by atoms with Gasteiger partial charge in [-0.05, 0) is 18.9 Å². The highest BCUT2D eigenvalue weighted by atomic mass is 35.5. The number of fused-ring (bicyclic) bond motifs is 1. The molecule has 1 aromatic carbocycles. The Bertz CT molecular complexity index is 689. The number of aryl methyl sites for hydroxylation is 1. The highest BCUT2D eigenvalue weighted by molar-refractivity contribution is 6.38. The number of aromatic nitrogens is 2. The summed E-state index contributed by atoms with van der Waals surface area (Å²) in [6, 6.07) is 1.65. The van der Waals surface area contributed by atoms with Crippen LogP contribution in [0.1, 0.15) is 34.9 Å². The minimum absolute atomic E-state index is 0.242. The van der Waals surface area contributed by atoms with E-state index in [9.17, 15) is 4.79 Å². The zero-order chi connectivity index (χ0) is 13.7. The van der Waals surface area contributed by atoms with Crippen molar-refractivity contribution >= 4 is 34.3 Å². The van der Waals surface area contributed by atoms with Crippen molar-refractivity contribution in [1.29, 1.82) is 0 Å². The zero-order valence-electron chi connectivity index (χ0n) is 10.7. The smallest absolute Gasteiger partial charge is 0.340 e. The molecule has 2 N–H and O–H groups in total. The highest BCUT2D eigenvalue weighted by Crippen LogP contribution is 2.42. The summed E-state index contributed by atoms with van der Waals surface area (Å²) in [5, 5.41) is 0.361. The molecular formula is C13H14ClN3O2. The Morgan fingerprint density at radius 3 is 2.84 bits per heavy atom. The molecular weight excluding hydrogens is 266 g/mol. The number of methoxy groups -OCH3 is 1. The zero-order valence-corrected chi connectivity index (χ0v) is 11.5. The molecule has 0 aliphatic heterocycles. The molecule has 6 heteroatoms. The van der Waals surface area contributed by atoms with E-state index < -0.39 is 5.97 Å². The van der Waals surface area contributed by atoms with Crippen molar-refractivity contribution in [2.24, 2.45) is 7.05 Å². The summed E-state index contributed by atoms with van der Waals surface area (Å²) in [6.45, 7) is 0. The molecule has 1 aliphatic rings. The number of hydrogen-bond donors (Lipinski definition) is 1. The number of nitrogen functional groups attached to an aromatic ring is 1. The van der Waals surface area contributed by atoms with Gasteiger partial charge in [-0.3, -0.25) is 0 Å². The first-order valence-corrected chi connectivity index (χ1v) is 6.45. The summed E-state index contributed by atoms with van der Waals surface area (Å²) in [7, 11) is 3.24. The molecule has 1 heterocycles. The third-order valence-electron chi connectivity index (χ3n) is 3.52. The van der Waals surface area contributed by atoms with Gasteiger partial charge in [-0.1, -0.05) is 11.6 Å². The molecule has 0 radical (unpaired) electrons. The lowest BCUT2D eigenvalue weighted by atomic mass is 10.1. The molecule has 1 saturated carbocycles. The van der Waals surface area contributed by atoms with Gasteiger partial charge in [-0.2, -0.15) is 0 Å². The SMILES string of the molecule is COC(=O)c1cc2nc(C3CC3)n(C)c2c(Cl)c1N. The van der Waals surface area contributed by atoms with Crippen LogP contribution in [-0.2, 0) is 11.8 Å². The van der Waals surface area contributed by atoms with Crippen LogP contribution in [0.3, 0.4) is 0 Å². The number of imidazole rings is 1. The first-order chi connectivity index (χ1) is 9.04. The van der Waals surface area contributed by atoms with Crippen molar-refractivity contribution in [3.05, 3.63) is 22.5 Å². The van der Waals surface area contributed by atoms with E-state index in [1.807, 2.05) is 11.6 Å². The van der Waals surface area contributed by atoms with E-state index in [2.05, 4.69) is 4.98 Å². The molecule has 5 nitrogen and oxygen atoms in total. The summed E-state index contributed by atoms with van der Waals surface area (Å²) in [5.74, 6) is 0.995. The number of nitrogens with two attached hydrogens (primary N) is 1. The number of nitrogens with zero attached hydrogens (tertiary/aromatic N) is 2. The van der Waals surface area contributed by atoms with Gasteiger partial charge in [0.05, 0.1) is 34.4 Å². The minimum Gasteiger partial charge on any atom is -0.465 e. The van der Waals surface area contributed by atoms with Gasteiger partial charge in [0.1, 0.15) is 5.82 Å². The van der Waals surface area contributed by atoms with E-state index in [4.69, 9.17) is 22.1 Å². The Kier molecular flexibility index (Phi) is 2.67.